The summed E-state index contributed by atoms with van der Waals surface area (Å²) in [6.07, 6.45) is -3.17. The number of rotatable bonds is 1. The van der Waals surface area contributed by atoms with Crippen LogP contribution in [0.5, 0.6) is 0 Å². The number of alkyl halides is 3. The zero-order valence-electron chi connectivity index (χ0n) is 11.3. The molecule has 3 nitrogen and oxygen atoms in total. The molecule has 6 heteroatoms. The lowest BCUT2D eigenvalue weighted by molar-refractivity contribution is -0.0944. The number of nitriles is 1. The Bertz CT molecular complexity index is 597. The highest BCUT2D eigenvalue weighted by Gasteiger charge is 2.35. The summed E-state index contributed by atoms with van der Waals surface area (Å²) >= 11 is 0. The van der Waals surface area contributed by atoms with Crippen molar-refractivity contribution in [2.24, 2.45) is 0 Å². The van der Waals surface area contributed by atoms with Gasteiger partial charge in [0.05, 0.1) is 5.56 Å². The quantitative estimate of drug-likeness (QED) is 0.742. The summed E-state index contributed by atoms with van der Waals surface area (Å²) in [5, 5.41) is 9.19. The Hall–Kier alpha value is -2.03. The van der Waals surface area contributed by atoms with Gasteiger partial charge in [0.1, 0.15) is 11.9 Å². The van der Waals surface area contributed by atoms with E-state index in [4.69, 9.17) is 0 Å². The highest BCUT2D eigenvalue weighted by Crippen LogP contribution is 2.32. The molecule has 0 saturated carbocycles. The molecule has 1 aromatic rings. The smallest absolute Gasteiger partial charge is 0.351 e. The zero-order valence-corrected chi connectivity index (χ0v) is 11.3. The van der Waals surface area contributed by atoms with Crippen LogP contribution >= 0.6 is 0 Å². The molecule has 2 rings (SSSR count). The van der Waals surface area contributed by atoms with Gasteiger partial charge < -0.3 is 4.90 Å². The normalized spacial score (nSPS) is 15.8. The summed E-state index contributed by atoms with van der Waals surface area (Å²) < 4.78 is 37.8. The minimum atomic E-state index is -4.26. The predicted molar refractivity (Wildman–Crippen MR) is 69.4 cm³/mol. The van der Waals surface area contributed by atoms with E-state index in [1.54, 1.807) is 24.8 Å². The fourth-order valence-corrected chi connectivity index (χ4v) is 2.30. The van der Waals surface area contributed by atoms with Gasteiger partial charge in [-0.1, -0.05) is 6.08 Å². The second kappa shape index (κ2) is 5.16. The largest absolute Gasteiger partial charge is 0.412 e. The van der Waals surface area contributed by atoms with Gasteiger partial charge in [0.2, 0.25) is 0 Å². The molecule has 0 atom stereocenters. The maximum Gasteiger partial charge on any atom is 0.412 e. The number of nitrogens with zero attached hydrogens (tertiary/aromatic N) is 3. The van der Waals surface area contributed by atoms with Gasteiger partial charge >= 0.3 is 6.18 Å². The molecule has 1 aliphatic rings. The SMILES string of the molecule is Cc1cc(C)c(C#N)c(N2CC=C(C(F)(F)F)CC2)n1. The predicted octanol–water partition coefficient (Wildman–Crippen LogP) is 3.27. The van der Waals surface area contributed by atoms with Crippen molar-refractivity contribution >= 4 is 5.82 Å². The summed E-state index contributed by atoms with van der Waals surface area (Å²) in [4.78, 5) is 6.02. The molecule has 0 amide bonds. The number of aromatic nitrogens is 1. The summed E-state index contributed by atoms with van der Waals surface area (Å²) in [7, 11) is 0. The second-order valence-electron chi connectivity index (χ2n) is 4.81. The number of anilines is 1. The van der Waals surface area contributed by atoms with Gasteiger partial charge in [-0.3, -0.25) is 0 Å². The zero-order chi connectivity index (χ0) is 14.9. The van der Waals surface area contributed by atoms with Gasteiger partial charge in [0.15, 0.2) is 0 Å². The van der Waals surface area contributed by atoms with Gasteiger partial charge in [-0.15, -0.1) is 0 Å². The third kappa shape index (κ3) is 2.77. The summed E-state index contributed by atoms with van der Waals surface area (Å²) in [5.74, 6) is 0.475. The minimum Gasteiger partial charge on any atom is -0.351 e. The van der Waals surface area contributed by atoms with E-state index in [2.05, 4.69) is 11.1 Å². The average molecular weight is 281 g/mol. The summed E-state index contributed by atoms with van der Waals surface area (Å²) in [5.41, 5.74) is 1.47. The summed E-state index contributed by atoms with van der Waals surface area (Å²) in [6.45, 7) is 3.95. The fraction of sp³-hybridized carbons (Fsp3) is 0.429. The van der Waals surface area contributed by atoms with E-state index in [0.29, 0.717) is 11.4 Å². The minimum absolute atomic E-state index is 0.0803. The molecule has 1 aromatic heterocycles. The van der Waals surface area contributed by atoms with Crippen LogP contribution in [0.2, 0.25) is 0 Å². The molecule has 20 heavy (non-hydrogen) atoms. The van der Waals surface area contributed by atoms with Crippen LogP contribution in [0, 0.1) is 25.2 Å². The van der Waals surface area contributed by atoms with E-state index in [1.165, 1.54) is 6.08 Å². The van der Waals surface area contributed by atoms with E-state index in [-0.39, 0.29) is 19.5 Å². The maximum atomic E-state index is 12.6. The van der Waals surface area contributed by atoms with Gasteiger partial charge in [0.25, 0.3) is 0 Å². The lowest BCUT2D eigenvalue weighted by atomic mass is 10.1. The van der Waals surface area contributed by atoms with Gasteiger partial charge in [-0.05, 0) is 31.9 Å². The molecule has 0 radical (unpaired) electrons. The molecule has 106 valence electrons. The Balaban J connectivity index is 2.32. The topological polar surface area (TPSA) is 39.9 Å². The van der Waals surface area contributed by atoms with E-state index < -0.39 is 11.7 Å². The van der Waals surface area contributed by atoms with Crippen molar-refractivity contribution in [2.75, 3.05) is 18.0 Å². The van der Waals surface area contributed by atoms with Crippen LogP contribution in [-0.4, -0.2) is 24.2 Å². The third-order valence-corrected chi connectivity index (χ3v) is 3.31. The van der Waals surface area contributed by atoms with Crippen molar-refractivity contribution in [3.05, 3.63) is 34.5 Å². The van der Waals surface area contributed by atoms with Crippen LogP contribution in [-0.2, 0) is 0 Å². The van der Waals surface area contributed by atoms with Crippen molar-refractivity contribution in [2.45, 2.75) is 26.4 Å². The highest BCUT2D eigenvalue weighted by molar-refractivity contribution is 5.59. The average Bonchev–Trinajstić information content (AvgIpc) is 2.37. The molecular weight excluding hydrogens is 267 g/mol. The summed E-state index contributed by atoms with van der Waals surface area (Å²) in [6, 6.07) is 3.88. The van der Waals surface area contributed by atoms with Crippen LogP contribution in [0.15, 0.2) is 17.7 Å². The van der Waals surface area contributed by atoms with Crippen molar-refractivity contribution in [1.82, 2.24) is 4.98 Å². The van der Waals surface area contributed by atoms with Crippen LogP contribution in [0.1, 0.15) is 23.2 Å². The molecule has 0 aliphatic carbocycles. The first-order valence-corrected chi connectivity index (χ1v) is 6.22. The third-order valence-electron chi connectivity index (χ3n) is 3.31. The first-order valence-electron chi connectivity index (χ1n) is 6.22. The lowest BCUT2D eigenvalue weighted by Gasteiger charge is -2.29. The Morgan fingerprint density at radius 1 is 1.35 bits per heavy atom. The molecule has 0 aromatic carbocycles. The number of hydrogen-bond acceptors (Lipinski definition) is 3. The van der Waals surface area contributed by atoms with Crippen LogP contribution in [0.25, 0.3) is 0 Å². The molecule has 0 fully saturated rings. The van der Waals surface area contributed by atoms with Gasteiger partial charge in [-0.2, -0.15) is 18.4 Å². The Morgan fingerprint density at radius 3 is 2.55 bits per heavy atom. The maximum absolute atomic E-state index is 12.6. The van der Waals surface area contributed by atoms with E-state index in [0.717, 1.165) is 11.3 Å². The Morgan fingerprint density at radius 2 is 2.05 bits per heavy atom. The Kier molecular flexibility index (Phi) is 3.71. The molecule has 1 aliphatic heterocycles. The first kappa shape index (κ1) is 14.4. The Labute approximate surface area is 115 Å². The molecule has 0 N–H and O–H groups in total. The number of hydrogen-bond donors (Lipinski definition) is 0. The van der Waals surface area contributed by atoms with Crippen LogP contribution in [0.4, 0.5) is 19.0 Å². The molecule has 0 spiro atoms. The highest BCUT2D eigenvalue weighted by atomic mass is 19.4. The van der Waals surface area contributed by atoms with E-state index >= 15 is 0 Å². The molecule has 0 saturated heterocycles. The van der Waals surface area contributed by atoms with Crippen molar-refractivity contribution < 1.29 is 13.2 Å². The first-order chi connectivity index (χ1) is 9.32. The number of aryl methyl sites for hydroxylation is 2. The van der Waals surface area contributed by atoms with Gasteiger partial charge in [0, 0.05) is 24.4 Å². The van der Waals surface area contributed by atoms with Crippen LogP contribution < -0.4 is 4.90 Å². The molecule has 2 heterocycles. The fourth-order valence-electron chi connectivity index (χ4n) is 2.30. The molecule has 0 bridgehead atoms. The lowest BCUT2D eigenvalue weighted by Crippen LogP contribution is -2.33. The van der Waals surface area contributed by atoms with Crippen molar-refractivity contribution in [1.29, 1.82) is 5.26 Å². The molecule has 0 unspecified atom stereocenters. The van der Waals surface area contributed by atoms with E-state index in [1.807, 2.05) is 0 Å². The number of halogens is 3. The van der Waals surface area contributed by atoms with Crippen molar-refractivity contribution in [3.8, 4) is 6.07 Å². The number of pyridine rings is 1. The van der Waals surface area contributed by atoms with Crippen LogP contribution in [0.3, 0.4) is 0 Å². The second-order valence-corrected chi connectivity index (χ2v) is 4.81. The van der Waals surface area contributed by atoms with E-state index in [9.17, 15) is 18.4 Å². The standard InChI is InChI=1S/C14H14F3N3/c1-9-7-10(2)19-13(12(9)8-18)20-5-3-11(4-6-20)14(15,16)17/h3,7H,4-6H2,1-2H3. The van der Waals surface area contributed by atoms with Crippen molar-refractivity contribution in [3.63, 3.8) is 0 Å². The molecular formula is C14H14F3N3. The monoisotopic (exact) mass is 281 g/mol. The van der Waals surface area contributed by atoms with Gasteiger partial charge in [-0.25, -0.2) is 4.98 Å².